The van der Waals surface area contributed by atoms with E-state index < -0.39 is 18.1 Å². The number of guanidine groups is 1. The van der Waals surface area contributed by atoms with E-state index in [-0.39, 0.29) is 12.6 Å². The van der Waals surface area contributed by atoms with Gasteiger partial charge in [0.25, 0.3) is 6.43 Å². The van der Waals surface area contributed by atoms with Crippen LogP contribution in [0.4, 0.5) is 17.6 Å². The molecular formula is C17H24F4N4. The van der Waals surface area contributed by atoms with Gasteiger partial charge in [-0.2, -0.15) is 0 Å². The van der Waals surface area contributed by atoms with Crippen LogP contribution in [-0.4, -0.2) is 56.6 Å². The van der Waals surface area contributed by atoms with Crippen molar-refractivity contribution in [2.45, 2.75) is 31.7 Å². The van der Waals surface area contributed by atoms with Crippen LogP contribution in [0, 0.1) is 11.6 Å². The molecule has 0 amide bonds. The summed E-state index contributed by atoms with van der Waals surface area (Å²) in [7, 11) is 1.64. The minimum Gasteiger partial charge on any atom is -0.356 e. The molecule has 0 aliphatic carbocycles. The van der Waals surface area contributed by atoms with Gasteiger partial charge in [-0.15, -0.1) is 0 Å². The molecule has 1 heterocycles. The van der Waals surface area contributed by atoms with E-state index in [9.17, 15) is 17.6 Å². The first-order valence-electron chi connectivity index (χ1n) is 8.39. The number of hydrogen-bond donors (Lipinski definition) is 2. The fraction of sp³-hybridized carbons (Fsp3) is 0.588. The Morgan fingerprint density at radius 2 is 2.00 bits per heavy atom. The summed E-state index contributed by atoms with van der Waals surface area (Å²) >= 11 is 0. The van der Waals surface area contributed by atoms with Crippen molar-refractivity contribution < 1.29 is 17.6 Å². The van der Waals surface area contributed by atoms with Gasteiger partial charge in [0.05, 0.1) is 6.54 Å². The molecule has 0 aromatic heterocycles. The Balaban J connectivity index is 1.72. The molecule has 140 valence electrons. The molecule has 1 aromatic carbocycles. The zero-order valence-electron chi connectivity index (χ0n) is 14.2. The molecule has 1 fully saturated rings. The van der Waals surface area contributed by atoms with Gasteiger partial charge in [0.15, 0.2) is 5.96 Å². The minimum absolute atomic E-state index is 0.169. The van der Waals surface area contributed by atoms with E-state index in [4.69, 9.17) is 0 Å². The molecule has 0 saturated carbocycles. The molecule has 8 heteroatoms. The van der Waals surface area contributed by atoms with Gasteiger partial charge in [-0.05, 0) is 30.9 Å². The molecule has 1 aliphatic rings. The Kier molecular flexibility index (Phi) is 7.49. The number of halogens is 4. The largest absolute Gasteiger partial charge is 0.356 e. The summed E-state index contributed by atoms with van der Waals surface area (Å²) in [5, 5.41) is 6.36. The molecule has 25 heavy (non-hydrogen) atoms. The lowest BCUT2D eigenvalue weighted by atomic mass is 10.1. The molecule has 2 N–H and O–H groups in total. The number of nitrogens with one attached hydrogen (secondary N) is 2. The summed E-state index contributed by atoms with van der Waals surface area (Å²) in [5.74, 6) is -0.559. The fourth-order valence-electron chi connectivity index (χ4n) is 2.88. The highest BCUT2D eigenvalue weighted by Gasteiger charge is 2.21. The Morgan fingerprint density at radius 1 is 1.28 bits per heavy atom. The van der Waals surface area contributed by atoms with Crippen LogP contribution in [0.1, 0.15) is 18.4 Å². The Hall–Kier alpha value is -1.83. The second kappa shape index (κ2) is 9.60. The monoisotopic (exact) mass is 360 g/mol. The van der Waals surface area contributed by atoms with E-state index in [1.54, 1.807) is 11.9 Å². The average molecular weight is 360 g/mol. The number of hydrogen-bond acceptors (Lipinski definition) is 2. The molecule has 1 saturated heterocycles. The topological polar surface area (TPSA) is 39.7 Å². The SMILES string of the molecule is CN=C(NCCc1ccc(F)cc1F)NC1CCN(CC(F)F)CC1. The van der Waals surface area contributed by atoms with Gasteiger partial charge in [-0.25, -0.2) is 17.6 Å². The zero-order valence-corrected chi connectivity index (χ0v) is 14.2. The molecule has 0 unspecified atom stereocenters. The molecule has 1 aliphatic heterocycles. The first-order chi connectivity index (χ1) is 12.0. The van der Waals surface area contributed by atoms with Crippen LogP contribution >= 0.6 is 0 Å². The third kappa shape index (κ3) is 6.53. The van der Waals surface area contributed by atoms with Gasteiger partial charge >= 0.3 is 0 Å². The Bertz CT molecular complexity index is 572. The summed E-state index contributed by atoms with van der Waals surface area (Å²) in [6, 6.07) is 3.71. The third-order valence-electron chi connectivity index (χ3n) is 4.25. The lowest BCUT2D eigenvalue weighted by Crippen LogP contribution is -2.49. The summed E-state index contributed by atoms with van der Waals surface area (Å²) in [6.07, 6.45) is -0.370. The first-order valence-corrected chi connectivity index (χ1v) is 8.39. The van der Waals surface area contributed by atoms with E-state index in [1.165, 1.54) is 12.1 Å². The molecule has 0 spiro atoms. The zero-order chi connectivity index (χ0) is 18.2. The fourth-order valence-corrected chi connectivity index (χ4v) is 2.88. The third-order valence-corrected chi connectivity index (χ3v) is 4.25. The van der Waals surface area contributed by atoms with Gasteiger partial charge in [-0.3, -0.25) is 9.89 Å². The van der Waals surface area contributed by atoms with Gasteiger partial charge in [0.2, 0.25) is 0 Å². The second-order valence-corrected chi connectivity index (χ2v) is 6.10. The standard InChI is InChI=1S/C17H24F4N4/c1-22-17(23-7-4-12-2-3-13(18)10-15(12)19)24-14-5-8-25(9-6-14)11-16(20)21/h2-3,10,14,16H,4-9,11H2,1H3,(H2,22,23,24). The van der Waals surface area contributed by atoms with Crippen molar-refractivity contribution in [3.63, 3.8) is 0 Å². The summed E-state index contributed by atoms with van der Waals surface area (Å²) < 4.78 is 51.2. The van der Waals surface area contributed by atoms with Gasteiger partial charge in [0.1, 0.15) is 11.6 Å². The van der Waals surface area contributed by atoms with Crippen LogP contribution in [0.25, 0.3) is 0 Å². The van der Waals surface area contributed by atoms with Crippen LogP contribution < -0.4 is 10.6 Å². The molecule has 0 atom stereocenters. The maximum atomic E-state index is 13.6. The number of piperidine rings is 1. The summed E-state index contributed by atoms with van der Waals surface area (Å²) in [5.41, 5.74) is 0.435. The van der Waals surface area contributed by atoms with Crippen molar-refractivity contribution in [1.82, 2.24) is 15.5 Å². The normalized spacial score (nSPS) is 17.1. The lowest BCUT2D eigenvalue weighted by molar-refractivity contribution is 0.0744. The molecule has 0 bridgehead atoms. The number of likely N-dealkylation sites (tertiary alicyclic amines) is 1. The van der Waals surface area contributed by atoms with Crippen molar-refractivity contribution >= 4 is 5.96 Å². The van der Waals surface area contributed by atoms with E-state index in [2.05, 4.69) is 15.6 Å². The number of nitrogens with zero attached hydrogens (tertiary/aromatic N) is 2. The Labute approximate surface area is 145 Å². The predicted octanol–water partition coefficient (Wildman–Crippen LogP) is 2.40. The van der Waals surface area contributed by atoms with E-state index in [1.807, 2.05) is 0 Å². The van der Waals surface area contributed by atoms with E-state index in [0.717, 1.165) is 18.9 Å². The quantitative estimate of drug-likeness (QED) is 0.465. The van der Waals surface area contributed by atoms with Gasteiger partial charge < -0.3 is 10.6 Å². The van der Waals surface area contributed by atoms with Crippen LogP contribution in [0.2, 0.25) is 0 Å². The highest BCUT2D eigenvalue weighted by atomic mass is 19.3. The van der Waals surface area contributed by atoms with Crippen molar-refractivity contribution in [1.29, 1.82) is 0 Å². The molecule has 1 aromatic rings. The smallest absolute Gasteiger partial charge is 0.251 e. The van der Waals surface area contributed by atoms with Crippen molar-refractivity contribution in [2.24, 2.45) is 4.99 Å². The lowest BCUT2D eigenvalue weighted by Gasteiger charge is -2.32. The predicted molar refractivity (Wildman–Crippen MR) is 90.0 cm³/mol. The van der Waals surface area contributed by atoms with Crippen LogP contribution in [0.15, 0.2) is 23.2 Å². The van der Waals surface area contributed by atoms with Crippen LogP contribution in [-0.2, 0) is 6.42 Å². The number of aliphatic imine (C=N–C) groups is 1. The van der Waals surface area contributed by atoms with E-state index >= 15 is 0 Å². The molecule has 4 nitrogen and oxygen atoms in total. The van der Waals surface area contributed by atoms with Gasteiger partial charge in [0, 0.05) is 38.8 Å². The maximum absolute atomic E-state index is 13.6. The summed E-state index contributed by atoms with van der Waals surface area (Å²) in [4.78, 5) is 5.88. The van der Waals surface area contributed by atoms with Crippen LogP contribution in [0.5, 0.6) is 0 Å². The minimum atomic E-state index is -2.30. The Morgan fingerprint density at radius 3 is 2.60 bits per heavy atom. The van der Waals surface area contributed by atoms with Crippen molar-refractivity contribution in [2.75, 3.05) is 33.2 Å². The van der Waals surface area contributed by atoms with Crippen LogP contribution in [0.3, 0.4) is 0 Å². The average Bonchev–Trinajstić information content (AvgIpc) is 2.57. The molecular weight excluding hydrogens is 336 g/mol. The first kappa shape index (κ1) is 19.5. The van der Waals surface area contributed by atoms with Gasteiger partial charge in [-0.1, -0.05) is 6.07 Å². The highest BCUT2D eigenvalue weighted by molar-refractivity contribution is 5.79. The molecule has 2 rings (SSSR count). The second-order valence-electron chi connectivity index (χ2n) is 6.10. The highest BCUT2D eigenvalue weighted by Crippen LogP contribution is 2.12. The number of alkyl halides is 2. The van der Waals surface area contributed by atoms with E-state index in [0.29, 0.717) is 37.6 Å². The summed E-state index contributed by atoms with van der Waals surface area (Å²) in [6.45, 7) is 1.52. The van der Waals surface area contributed by atoms with Crippen molar-refractivity contribution in [3.05, 3.63) is 35.4 Å². The molecule has 0 radical (unpaired) electrons. The van der Waals surface area contributed by atoms with Crippen molar-refractivity contribution in [3.8, 4) is 0 Å². The maximum Gasteiger partial charge on any atom is 0.251 e. The number of benzene rings is 1. The number of rotatable bonds is 6.